The molecule has 0 bridgehead atoms. The summed E-state index contributed by atoms with van der Waals surface area (Å²) in [5, 5.41) is 6.06. The Kier molecular flexibility index (Phi) is 4.18. The second-order valence-electron chi connectivity index (χ2n) is 9.95. The van der Waals surface area contributed by atoms with Gasteiger partial charge in [0, 0.05) is 48.2 Å². The molecule has 5 heteroatoms. The average Bonchev–Trinajstić information content (AvgIpc) is 3.65. The molecule has 4 nitrogen and oxygen atoms in total. The molecule has 182 valence electrons. The van der Waals surface area contributed by atoms with Crippen LogP contribution in [0.5, 0.6) is 0 Å². The average molecular weight is 517 g/mol. The van der Waals surface area contributed by atoms with Gasteiger partial charge in [0.2, 0.25) is 0 Å². The third kappa shape index (κ3) is 2.93. The molecular weight excluding hydrogens is 496 g/mol. The van der Waals surface area contributed by atoms with E-state index in [4.69, 9.17) is 9.97 Å². The Bertz CT molecular complexity index is 2340. The zero-order valence-corrected chi connectivity index (χ0v) is 21.5. The normalized spacial score (nSPS) is 12.1. The van der Waals surface area contributed by atoms with E-state index in [0.29, 0.717) is 0 Å². The maximum absolute atomic E-state index is 5.27. The van der Waals surface area contributed by atoms with Crippen molar-refractivity contribution >= 4 is 75.3 Å². The van der Waals surface area contributed by atoms with Crippen LogP contribution in [0.1, 0.15) is 0 Å². The molecule has 0 aliphatic rings. The van der Waals surface area contributed by atoms with Gasteiger partial charge in [0.05, 0.1) is 21.3 Å². The summed E-state index contributed by atoms with van der Waals surface area (Å²) in [5.74, 6) is 1.66. The van der Waals surface area contributed by atoms with E-state index in [-0.39, 0.29) is 0 Å². The summed E-state index contributed by atoms with van der Waals surface area (Å²) < 4.78 is 4.61. The van der Waals surface area contributed by atoms with Gasteiger partial charge in [-0.1, -0.05) is 84.9 Å². The molecular formula is C34H20N4S. The Morgan fingerprint density at radius 3 is 2.00 bits per heavy atom. The molecule has 0 radical (unpaired) electrons. The van der Waals surface area contributed by atoms with Crippen molar-refractivity contribution in [3.05, 3.63) is 115 Å². The van der Waals surface area contributed by atoms with Gasteiger partial charge in [-0.05, 0) is 30.3 Å². The first kappa shape index (κ1) is 21.0. The van der Waals surface area contributed by atoms with E-state index in [9.17, 15) is 0 Å². The van der Waals surface area contributed by atoms with E-state index in [1.54, 1.807) is 11.3 Å². The third-order valence-electron chi connectivity index (χ3n) is 7.74. The number of aromatic amines is 1. The van der Waals surface area contributed by atoms with Crippen LogP contribution < -0.4 is 0 Å². The van der Waals surface area contributed by atoms with Gasteiger partial charge < -0.3 is 4.98 Å². The molecule has 0 aliphatic heterocycles. The van der Waals surface area contributed by atoms with Gasteiger partial charge in [0.1, 0.15) is 0 Å². The molecule has 0 saturated heterocycles. The number of rotatable bonds is 2. The number of para-hydroxylation sites is 3. The third-order valence-corrected chi connectivity index (χ3v) is 8.88. The van der Waals surface area contributed by atoms with Crippen LogP contribution in [0.4, 0.5) is 0 Å². The predicted octanol–water partition coefficient (Wildman–Crippen LogP) is 9.24. The fourth-order valence-corrected chi connectivity index (χ4v) is 7.13. The van der Waals surface area contributed by atoms with Crippen LogP contribution in [-0.4, -0.2) is 19.5 Å². The summed E-state index contributed by atoms with van der Waals surface area (Å²) in [4.78, 5) is 14.1. The van der Waals surface area contributed by atoms with Gasteiger partial charge in [0.15, 0.2) is 11.6 Å². The molecule has 39 heavy (non-hydrogen) atoms. The number of aromatic nitrogens is 4. The Hall–Kier alpha value is -5.00. The van der Waals surface area contributed by atoms with Crippen molar-refractivity contribution in [2.75, 3.05) is 0 Å². The lowest BCUT2D eigenvalue weighted by Crippen LogP contribution is -2.01. The highest BCUT2D eigenvalue weighted by molar-refractivity contribution is 7.26. The minimum atomic E-state index is 0.735. The van der Waals surface area contributed by atoms with Crippen molar-refractivity contribution in [2.24, 2.45) is 0 Å². The largest absolute Gasteiger partial charge is 0.354 e. The van der Waals surface area contributed by atoms with E-state index >= 15 is 0 Å². The van der Waals surface area contributed by atoms with E-state index in [1.165, 1.54) is 26.2 Å². The van der Waals surface area contributed by atoms with Gasteiger partial charge in [0.25, 0.3) is 0 Å². The number of nitrogens with one attached hydrogen (secondary N) is 1. The highest BCUT2D eigenvalue weighted by atomic mass is 32.1. The minimum absolute atomic E-state index is 0.735. The summed E-state index contributed by atoms with van der Waals surface area (Å²) >= 11 is 1.77. The summed E-state index contributed by atoms with van der Waals surface area (Å²) in [6.45, 7) is 0. The van der Waals surface area contributed by atoms with Crippen molar-refractivity contribution in [1.29, 1.82) is 0 Å². The standard InChI is InChI=1S/C34H20N4S/c1-2-10-20(11-3-1)33-36-31-25-18-24-21-12-4-7-15-26(21)35-27(24)19-30(25)39-32(31)34(37-33)38-28-16-8-5-13-22(28)23-14-6-9-17-29(23)38/h1-19,35H. The molecule has 0 spiro atoms. The molecule has 0 amide bonds. The van der Waals surface area contributed by atoms with Crippen LogP contribution in [0.3, 0.4) is 0 Å². The first-order valence-electron chi connectivity index (χ1n) is 13.0. The van der Waals surface area contributed by atoms with Gasteiger partial charge in [-0.2, -0.15) is 0 Å². The van der Waals surface area contributed by atoms with E-state index in [1.807, 2.05) is 18.2 Å². The number of thiophene rings is 1. The van der Waals surface area contributed by atoms with Crippen LogP contribution in [0.15, 0.2) is 115 Å². The molecule has 0 aliphatic carbocycles. The van der Waals surface area contributed by atoms with Crippen molar-refractivity contribution in [3.8, 4) is 17.2 Å². The molecule has 0 saturated carbocycles. The predicted molar refractivity (Wildman–Crippen MR) is 164 cm³/mol. The Labute approximate surface area is 226 Å². The fourth-order valence-electron chi connectivity index (χ4n) is 5.99. The highest BCUT2D eigenvalue weighted by Crippen LogP contribution is 2.42. The van der Waals surface area contributed by atoms with E-state index in [0.717, 1.165) is 54.9 Å². The second-order valence-corrected chi connectivity index (χ2v) is 11.0. The van der Waals surface area contributed by atoms with Crippen LogP contribution >= 0.6 is 11.3 Å². The van der Waals surface area contributed by atoms with E-state index in [2.05, 4.69) is 107 Å². The van der Waals surface area contributed by atoms with E-state index < -0.39 is 0 Å². The lowest BCUT2D eigenvalue weighted by atomic mass is 10.1. The molecule has 5 aromatic carbocycles. The zero-order valence-electron chi connectivity index (χ0n) is 20.7. The molecule has 0 fully saturated rings. The van der Waals surface area contributed by atoms with Gasteiger partial charge in [-0.15, -0.1) is 11.3 Å². The van der Waals surface area contributed by atoms with Crippen LogP contribution in [0.2, 0.25) is 0 Å². The van der Waals surface area contributed by atoms with Crippen molar-refractivity contribution in [1.82, 2.24) is 19.5 Å². The minimum Gasteiger partial charge on any atom is -0.354 e. The molecule has 0 unspecified atom stereocenters. The SMILES string of the molecule is c1ccc(-c2nc(-n3c4ccccc4c4ccccc43)c3sc4cc5[nH]c6ccccc6c5cc4c3n2)cc1. The first-order valence-corrected chi connectivity index (χ1v) is 13.8. The fraction of sp³-hybridized carbons (Fsp3) is 0. The van der Waals surface area contributed by atoms with Crippen LogP contribution in [0.25, 0.3) is 81.1 Å². The second kappa shape index (κ2) is 7.76. The quantitative estimate of drug-likeness (QED) is 0.249. The monoisotopic (exact) mass is 516 g/mol. The summed E-state index contributed by atoms with van der Waals surface area (Å²) in [6, 6.07) is 40.6. The number of nitrogens with zero attached hydrogens (tertiary/aromatic N) is 3. The molecule has 4 heterocycles. The maximum atomic E-state index is 5.27. The van der Waals surface area contributed by atoms with Crippen molar-refractivity contribution in [3.63, 3.8) is 0 Å². The topological polar surface area (TPSA) is 46.5 Å². The van der Waals surface area contributed by atoms with Crippen LogP contribution in [-0.2, 0) is 0 Å². The van der Waals surface area contributed by atoms with Gasteiger partial charge in [-0.25, -0.2) is 9.97 Å². The number of hydrogen-bond donors (Lipinski definition) is 1. The van der Waals surface area contributed by atoms with Crippen molar-refractivity contribution < 1.29 is 0 Å². The van der Waals surface area contributed by atoms with Crippen molar-refractivity contribution in [2.45, 2.75) is 0 Å². The first-order chi connectivity index (χ1) is 19.3. The Balaban J connectivity index is 1.46. The molecule has 9 rings (SSSR count). The lowest BCUT2D eigenvalue weighted by Gasteiger charge is -2.10. The molecule has 1 N–H and O–H groups in total. The summed E-state index contributed by atoms with van der Waals surface area (Å²) in [5.41, 5.74) is 6.59. The zero-order chi connectivity index (χ0) is 25.5. The van der Waals surface area contributed by atoms with Crippen LogP contribution in [0, 0.1) is 0 Å². The highest BCUT2D eigenvalue weighted by Gasteiger charge is 2.21. The number of hydrogen-bond acceptors (Lipinski definition) is 3. The number of fused-ring (bicyclic) bond motifs is 9. The summed E-state index contributed by atoms with van der Waals surface area (Å²) in [7, 11) is 0. The molecule has 0 atom stereocenters. The molecule has 4 aromatic heterocycles. The Morgan fingerprint density at radius 1 is 0.564 bits per heavy atom. The summed E-state index contributed by atoms with van der Waals surface area (Å²) in [6.07, 6.45) is 0. The van der Waals surface area contributed by atoms with Gasteiger partial charge in [-0.3, -0.25) is 4.57 Å². The van der Waals surface area contributed by atoms with Gasteiger partial charge >= 0.3 is 0 Å². The number of H-pyrrole nitrogens is 1. The lowest BCUT2D eigenvalue weighted by molar-refractivity contribution is 1.08. The smallest absolute Gasteiger partial charge is 0.162 e. The number of benzene rings is 5. The Morgan fingerprint density at radius 2 is 1.23 bits per heavy atom. The maximum Gasteiger partial charge on any atom is 0.162 e. The molecule has 9 aromatic rings.